The maximum Gasteiger partial charge on any atom is 0.348 e. The van der Waals surface area contributed by atoms with Crippen molar-refractivity contribution in [3.63, 3.8) is 0 Å². The summed E-state index contributed by atoms with van der Waals surface area (Å²) in [6, 6.07) is 16.5. The maximum absolute atomic E-state index is 12.4. The number of ether oxygens (including phenoxy) is 2. The van der Waals surface area contributed by atoms with Gasteiger partial charge in [0.2, 0.25) is 12.0 Å². The molecule has 0 aliphatic heterocycles. The average molecular weight is 406 g/mol. The Bertz CT molecular complexity index is 720. The molecule has 0 saturated carbocycles. The molecule has 2 aromatic carbocycles. The lowest BCUT2D eigenvalue weighted by molar-refractivity contribution is -0.148. The third-order valence-electron chi connectivity index (χ3n) is 3.69. The lowest BCUT2D eigenvalue weighted by atomic mass is 10.0. The van der Waals surface area contributed by atoms with Gasteiger partial charge in [0, 0.05) is 4.47 Å². The zero-order chi connectivity index (χ0) is 18.2. The quantitative estimate of drug-likeness (QED) is 0.717. The Morgan fingerprint density at radius 3 is 2.48 bits per heavy atom. The fourth-order valence-electron chi connectivity index (χ4n) is 2.24. The van der Waals surface area contributed by atoms with E-state index in [9.17, 15) is 9.59 Å². The number of esters is 1. The van der Waals surface area contributed by atoms with E-state index in [0.717, 1.165) is 10.0 Å². The molecule has 25 heavy (non-hydrogen) atoms. The molecule has 2 rings (SSSR count). The molecule has 1 N–H and O–H groups in total. The van der Waals surface area contributed by atoms with Crippen LogP contribution in [-0.4, -0.2) is 31.6 Å². The Kier molecular flexibility index (Phi) is 7.01. The van der Waals surface area contributed by atoms with Crippen molar-refractivity contribution in [3.8, 4) is 5.75 Å². The second kappa shape index (κ2) is 9.22. The minimum atomic E-state index is -0.911. The van der Waals surface area contributed by atoms with Crippen molar-refractivity contribution in [1.82, 2.24) is 5.32 Å². The zero-order valence-electron chi connectivity index (χ0n) is 14.1. The average Bonchev–Trinajstić information content (AvgIpc) is 2.64. The van der Waals surface area contributed by atoms with Crippen molar-refractivity contribution >= 4 is 27.8 Å². The third-order valence-corrected chi connectivity index (χ3v) is 4.18. The van der Waals surface area contributed by atoms with E-state index in [2.05, 4.69) is 21.2 Å². The van der Waals surface area contributed by atoms with Crippen LogP contribution < -0.4 is 10.1 Å². The number of amides is 1. The van der Waals surface area contributed by atoms with Crippen LogP contribution in [0, 0.1) is 0 Å². The molecule has 0 heterocycles. The Hall–Kier alpha value is -2.34. The number of halogens is 1. The Morgan fingerprint density at radius 1 is 1.12 bits per heavy atom. The van der Waals surface area contributed by atoms with Crippen molar-refractivity contribution in [2.75, 3.05) is 13.7 Å². The van der Waals surface area contributed by atoms with Crippen LogP contribution in [-0.2, 0) is 14.3 Å². The molecule has 0 radical (unpaired) electrons. The van der Waals surface area contributed by atoms with Crippen LogP contribution in [0.1, 0.15) is 18.4 Å². The number of rotatable bonds is 7. The van der Waals surface area contributed by atoms with E-state index in [1.807, 2.05) is 37.3 Å². The summed E-state index contributed by atoms with van der Waals surface area (Å²) in [5, 5.41) is 2.76. The molecule has 132 valence electrons. The van der Waals surface area contributed by atoms with E-state index in [1.54, 1.807) is 24.3 Å². The number of para-hydroxylation sites is 1. The predicted octanol–water partition coefficient (Wildman–Crippen LogP) is 3.29. The summed E-state index contributed by atoms with van der Waals surface area (Å²) in [5.74, 6) is -0.553. The predicted molar refractivity (Wildman–Crippen MR) is 98.4 cm³/mol. The first-order valence-corrected chi connectivity index (χ1v) is 8.63. The van der Waals surface area contributed by atoms with Gasteiger partial charge in [-0.2, -0.15) is 0 Å². The minimum absolute atomic E-state index is 0.0265. The van der Waals surface area contributed by atoms with Gasteiger partial charge in [0.25, 0.3) is 0 Å². The van der Waals surface area contributed by atoms with Crippen LogP contribution in [0.15, 0.2) is 59.1 Å². The molecule has 1 amide bonds. The Balaban J connectivity index is 1.99. The molecule has 5 nitrogen and oxygen atoms in total. The van der Waals surface area contributed by atoms with Crippen LogP contribution in [0.4, 0.5) is 0 Å². The van der Waals surface area contributed by atoms with Crippen molar-refractivity contribution in [2.24, 2.45) is 0 Å². The summed E-state index contributed by atoms with van der Waals surface area (Å²) in [6.07, 6.45) is -0.911. The summed E-state index contributed by atoms with van der Waals surface area (Å²) in [7, 11) is 1.29. The van der Waals surface area contributed by atoms with Crippen molar-refractivity contribution < 1.29 is 19.1 Å². The van der Waals surface area contributed by atoms with Crippen molar-refractivity contribution in [2.45, 2.75) is 18.9 Å². The monoisotopic (exact) mass is 405 g/mol. The number of carbonyl (C=O) groups excluding carboxylic acids is 2. The molecule has 0 aromatic heterocycles. The van der Waals surface area contributed by atoms with E-state index in [-0.39, 0.29) is 18.4 Å². The molecule has 6 heteroatoms. The molecule has 1 unspecified atom stereocenters. The second-order valence-corrected chi connectivity index (χ2v) is 6.38. The largest absolute Gasteiger partial charge is 0.477 e. The fourth-order valence-corrected chi connectivity index (χ4v) is 2.66. The summed E-state index contributed by atoms with van der Waals surface area (Å²) in [6.45, 7) is 1.83. The van der Waals surface area contributed by atoms with Gasteiger partial charge in [-0.1, -0.05) is 46.3 Å². The highest BCUT2D eigenvalue weighted by Gasteiger charge is 2.24. The van der Waals surface area contributed by atoms with Gasteiger partial charge < -0.3 is 14.8 Å². The Labute approximate surface area is 155 Å². The van der Waals surface area contributed by atoms with E-state index in [1.165, 1.54) is 7.11 Å². The normalized spacial score (nSPS) is 12.8. The molecular weight excluding hydrogens is 386 g/mol. The lowest BCUT2D eigenvalue weighted by Gasteiger charge is -2.19. The first-order chi connectivity index (χ1) is 12.0. The van der Waals surface area contributed by atoms with Crippen LogP contribution in [0.3, 0.4) is 0 Å². The highest BCUT2D eigenvalue weighted by molar-refractivity contribution is 9.10. The van der Waals surface area contributed by atoms with Gasteiger partial charge in [-0.3, -0.25) is 4.79 Å². The Morgan fingerprint density at radius 2 is 1.84 bits per heavy atom. The summed E-state index contributed by atoms with van der Waals surface area (Å²) in [4.78, 5) is 24.3. The van der Waals surface area contributed by atoms with Crippen LogP contribution in [0.2, 0.25) is 0 Å². The second-order valence-electron chi connectivity index (χ2n) is 5.46. The van der Waals surface area contributed by atoms with Crippen LogP contribution >= 0.6 is 15.9 Å². The van der Waals surface area contributed by atoms with Gasteiger partial charge in [-0.05, 0) is 36.8 Å². The molecule has 0 bridgehead atoms. The van der Waals surface area contributed by atoms with Gasteiger partial charge in [-0.25, -0.2) is 4.79 Å². The standard InChI is InChI=1S/C19H20BrNO4/c1-13(14-7-6-8-15(20)11-14)18(22)21-12-17(19(23)24-2)25-16-9-4-3-5-10-16/h3-11,13,17H,12H2,1-2H3,(H,21,22)/t13?,17-/m1/s1. The molecule has 0 saturated heterocycles. The molecule has 0 spiro atoms. The SMILES string of the molecule is COC(=O)[C@@H](CNC(=O)C(C)c1cccc(Br)c1)Oc1ccccc1. The number of nitrogens with one attached hydrogen (secondary N) is 1. The van der Waals surface area contributed by atoms with Crippen molar-refractivity contribution in [1.29, 1.82) is 0 Å². The molecule has 0 aliphatic carbocycles. The van der Waals surface area contributed by atoms with Gasteiger partial charge in [0.05, 0.1) is 19.6 Å². The van der Waals surface area contributed by atoms with E-state index >= 15 is 0 Å². The highest BCUT2D eigenvalue weighted by atomic mass is 79.9. The topological polar surface area (TPSA) is 64.6 Å². The van der Waals surface area contributed by atoms with Gasteiger partial charge in [0.1, 0.15) is 5.75 Å². The van der Waals surface area contributed by atoms with Gasteiger partial charge in [-0.15, -0.1) is 0 Å². The maximum atomic E-state index is 12.4. The van der Waals surface area contributed by atoms with Gasteiger partial charge in [0.15, 0.2) is 0 Å². The van der Waals surface area contributed by atoms with E-state index in [4.69, 9.17) is 9.47 Å². The first kappa shape index (κ1) is 19.0. The number of carbonyl (C=O) groups is 2. The smallest absolute Gasteiger partial charge is 0.348 e. The van der Waals surface area contributed by atoms with Crippen LogP contribution in [0.25, 0.3) is 0 Å². The van der Waals surface area contributed by atoms with E-state index in [0.29, 0.717) is 5.75 Å². The summed E-state index contributed by atoms with van der Waals surface area (Å²) < 4.78 is 11.3. The van der Waals surface area contributed by atoms with Crippen LogP contribution in [0.5, 0.6) is 5.75 Å². The molecule has 2 aromatic rings. The molecule has 0 fully saturated rings. The number of hydrogen-bond donors (Lipinski definition) is 1. The van der Waals surface area contributed by atoms with E-state index < -0.39 is 12.1 Å². The molecule has 0 aliphatic rings. The van der Waals surface area contributed by atoms with Crippen molar-refractivity contribution in [3.05, 3.63) is 64.6 Å². The summed E-state index contributed by atoms with van der Waals surface area (Å²) >= 11 is 3.39. The third kappa shape index (κ3) is 5.60. The highest BCUT2D eigenvalue weighted by Crippen LogP contribution is 2.20. The summed E-state index contributed by atoms with van der Waals surface area (Å²) in [5.41, 5.74) is 0.880. The zero-order valence-corrected chi connectivity index (χ0v) is 15.7. The fraction of sp³-hybridized carbons (Fsp3) is 0.263. The number of benzene rings is 2. The van der Waals surface area contributed by atoms with Gasteiger partial charge >= 0.3 is 5.97 Å². The first-order valence-electron chi connectivity index (χ1n) is 7.84. The molecular formula is C19H20BrNO4. The number of methoxy groups -OCH3 is 1. The molecule has 2 atom stereocenters. The lowest BCUT2D eigenvalue weighted by Crippen LogP contribution is -2.42. The minimum Gasteiger partial charge on any atom is -0.477 e. The number of hydrogen-bond acceptors (Lipinski definition) is 4.